The van der Waals surface area contributed by atoms with Crippen LogP contribution in [0.15, 0.2) is 4.90 Å². The van der Waals surface area contributed by atoms with Crippen molar-refractivity contribution >= 4 is 34.1 Å². The molecule has 2 heterocycles. The molecule has 1 aliphatic heterocycles. The van der Waals surface area contributed by atoms with Crippen LogP contribution in [0.4, 0.5) is 24.0 Å². The summed E-state index contributed by atoms with van der Waals surface area (Å²) in [4.78, 5) is 2.84. The van der Waals surface area contributed by atoms with E-state index < -0.39 is 12.1 Å². The highest BCUT2D eigenvalue weighted by Gasteiger charge is 2.41. The molecule has 0 aromatic carbocycles. The first-order valence-electron chi connectivity index (χ1n) is 5.54. The van der Waals surface area contributed by atoms with Crippen molar-refractivity contribution in [3.8, 4) is 0 Å². The molecule has 3 nitrogen and oxygen atoms in total. The summed E-state index contributed by atoms with van der Waals surface area (Å²) in [5.41, 5.74) is 5.73. The maximum absolute atomic E-state index is 12.6. The topological polar surface area (TPSA) is 42.1 Å². The number of rotatable bonds is 2. The number of hydrogen-bond acceptors (Lipinski definition) is 5. The molecule has 2 rings (SSSR count). The smallest absolute Gasteiger partial charge is 0.382 e. The summed E-state index contributed by atoms with van der Waals surface area (Å²) in [6.07, 6.45) is -1.88. The summed E-state index contributed by atoms with van der Waals surface area (Å²) >= 11 is 2.75. The highest BCUT2D eigenvalue weighted by molar-refractivity contribution is 7.99. The molecule has 0 unspecified atom stereocenters. The van der Waals surface area contributed by atoms with Gasteiger partial charge in [-0.05, 0) is 30.6 Å². The molecule has 0 atom stereocenters. The van der Waals surface area contributed by atoms with Gasteiger partial charge in [0.2, 0.25) is 0 Å². The molecule has 0 bridgehead atoms. The van der Waals surface area contributed by atoms with Gasteiger partial charge in [-0.15, -0.1) is 11.8 Å². The molecule has 1 aromatic heterocycles. The van der Waals surface area contributed by atoms with Crippen LogP contribution in [0.25, 0.3) is 0 Å². The van der Waals surface area contributed by atoms with E-state index in [-0.39, 0.29) is 12.8 Å². The summed E-state index contributed by atoms with van der Waals surface area (Å²) in [6.45, 7) is 0.832. The Kier molecular flexibility index (Phi) is 3.96. The number of thioether (sulfide) groups is 1. The second-order valence-electron chi connectivity index (χ2n) is 4.21. The number of halogens is 3. The number of alkyl halides is 3. The lowest BCUT2D eigenvalue weighted by molar-refractivity contribution is -0.179. The van der Waals surface area contributed by atoms with Crippen LogP contribution in [0, 0.1) is 5.92 Å². The molecule has 0 saturated carbocycles. The lowest BCUT2D eigenvalue weighted by atomic mass is 9.96. The molecular formula is C10H14F3N3S2. The molecule has 1 saturated heterocycles. The minimum Gasteiger partial charge on any atom is -0.382 e. The minimum atomic E-state index is -4.07. The van der Waals surface area contributed by atoms with Crippen LogP contribution in [-0.2, 0) is 0 Å². The van der Waals surface area contributed by atoms with E-state index in [0.29, 0.717) is 18.9 Å². The second-order valence-corrected chi connectivity index (χ2v) is 5.78. The van der Waals surface area contributed by atoms with Crippen LogP contribution < -0.4 is 10.6 Å². The molecule has 1 aliphatic rings. The van der Waals surface area contributed by atoms with E-state index in [1.54, 1.807) is 0 Å². The van der Waals surface area contributed by atoms with Crippen LogP contribution in [0.5, 0.6) is 0 Å². The Morgan fingerprint density at radius 2 is 2.00 bits per heavy atom. The van der Waals surface area contributed by atoms with Gasteiger partial charge >= 0.3 is 6.18 Å². The van der Waals surface area contributed by atoms with Crippen LogP contribution in [-0.4, -0.2) is 29.9 Å². The van der Waals surface area contributed by atoms with Gasteiger partial charge in [0.25, 0.3) is 0 Å². The van der Waals surface area contributed by atoms with Gasteiger partial charge in [0, 0.05) is 13.1 Å². The van der Waals surface area contributed by atoms with Crippen LogP contribution >= 0.6 is 23.3 Å². The molecule has 2 N–H and O–H groups in total. The van der Waals surface area contributed by atoms with E-state index in [4.69, 9.17) is 5.73 Å². The van der Waals surface area contributed by atoms with E-state index in [2.05, 4.69) is 4.37 Å². The third-order valence-corrected chi connectivity index (χ3v) is 4.97. The Morgan fingerprint density at radius 1 is 1.39 bits per heavy atom. The van der Waals surface area contributed by atoms with Gasteiger partial charge in [-0.1, -0.05) is 0 Å². The molecule has 0 spiro atoms. The SMILES string of the molecule is CSc1c(N)nsc1N1CCC(C(F)(F)F)CC1. The molecule has 1 aromatic rings. The number of nitrogens with two attached hydrogens (primary N) is 1. The lowest BCUT2D eigenvalue weighted by Gasteiger charge is -2.33. The maximum atomic E-state index is 12.6. The van der Waals surface area contributed by atoms with Crippen molar-refractivity contribution in [3.63, 3.8) is 0 Å². The first-order valence-corrected chi connectivity index (χ1v) is 7.54. The van der Waals surface area contributed by atoms with Gasteiger partial charge < -0.3 is 10.6 Å². The largest absolute Gasteiger partial charge is 0.391 e. The predicted molar refractivity (Wildman–Crippen MR) is 69.3 cm³/mol. The zero-order valence-corrected chi connectivity index (χ0v) is 11.5. The van der Waals surface area contributed by atoms with Crippen molar-refractivity contribution in [2.75, 3.05) is 30.0 Å². The summed E-state index contributed by atoms with van der Waals surface area (Å²) in [5.74, 6) is -0.697. The van der Waals surface area contributed by atoms with Gasteiger partial charge in [0.05, 0.1) is 10.8 Å². The molecule has 102 valence electrons. The third kappa shape index (κ3) is 2.69. The number of piperidine rings is 1. The van der Waals surface area contributed by atoms with Crippen molar-refractivity contribution in [1.29, 1.82) is 0 Å². The normalized spacial score (nSPS) is 18.3. The lowest BCUT2D eigenvalue weighted by Crippen LogP contribution is -2.38. The zero-order chi connectivity index (χ0) is 13.3. The van der Waals surface area contributed by atoms with Crippen molar-refractivity contribution in [2.45, 2.75) is 23.9 Å². The first-order chi connectivity index (χ1) is 8.43. The van der Waals surface area contributed by atoms with Gasteiger partial charge in [-0.3, -0.25) is 0 Å². The minimum absolute atomic E-state index is 0.148. The first kappa shape index (κ1) is 13.8. The number of hydrogen-bond donors (Lipinski definition) is 1. The van der Waals surface area contributed by atoms with E-state index in [1.807, 2.05) is 11.2 Å². The average molecular weight is 297 g/mol. The fourth-order valence-corrected chi connectivity index (χ4v) is 3.83. The van der Waals surface area contributed by atoms with E-state index in [0.717, 1.165) is 9.90 Å². The number of aromatic nitrogens is 1. The average Bonchev–Trinajstić information content (AvgIpc) is 2.69. The summed E-state index contributed by atoms with van der Waals surface area (Å²) in [6, 6.07) is 0. The summed E-state index contributed by atoms with van der Waals surface area (Å²) in [7, 11) is 0. The summed E-state index contributed by atoms with van der Waals surface area (Å²) < 4.78 is 41.8. The van der Waals surface area contributed by atoms with Crippen molar-refractivity contribution in [3.05, 3.63) is 0 Å². The molecule has 0 aliphatic carbocycles. The maximum Gasteiger partial charge on any atom is 0.391 e. The Hall–Kier alpha value is -0.630. The van der Waals surface area contributed by atoms with Crippen LogP contribution in [0.2, 0.25) is 0 Å². The second kappa shape index (κ2) is 5.16. The zero-order valence-electron chi connectivity index (χ0n) is 9.83. The van der Waals surface area contributed by atoms with Crippen molar-refractivity contribution in [1.82, 2.24) is 4.37 Å². The molecule has 0 amide bonds. The highest BCUT2D eigenvalue weighted by Crippen LogP contribution is 2.41. The standard InChI is InChI=1S/C10H14F3N3S2/c1-17-7-8(14)15-18-9(7)16-4-2-6(3-5-16)10(11,12)13/h6H,2-5H2,1H3,(H2,14,15). The highest BCUT2D eigenvalue weighted by atomic mass is 32.2. The molecule has 1 fully saturated rings. The Bertz CT molecular complexity index is 411. The van der Waals surface area contributed by atoms with E-state index in [1.165, 1.54) is 23.3 Å². The number of anilines is 2. The fraction of sp³-hybridized carbons (Fsp3) is 0.700. The Balaban J connectivity index is 2.06. The third-order valence-electron chi connectivity index (χ3n) is 3.11. The molecule has 8 heteroatoms. The van der Waals surface area contributed by atoms with Gasteiger partial charge in [0.15, 0.2) is 5.82 Å². The summed E-state index contributed by atoms with van der Waals surface area (Å²) in [5, 5.41) is 0.903. The van der Waals surface area contributed by atoms with Gasteiger partial charge in [0.1, 0.15) is 5.00 Å². The fourth-order valence-electron chi connectivity index (χ4n) is 2.09. The van der Waals surface area contributed by atoms with Crippen molar-refractivity contribution in [2.24, 2.45) is 5.92 Å². The van der Waals surface area contributed by atoms with Gasteiger partial charge in [-0.2, -0.15) is 17.5 Å². The van der Waals surface area contributed by atoms with E-state index in [9.17, 15) is 13.2 Å². The molecular weight excluding hydrogens is 283 g/mol. The van der Waals surface area contributed by atoms with Crippen LogP contribution in [0.3, 0.4) is 0 Å². The van der Waals surface area contributed by atoms with Crippen molar-refractivity contribution < 1.29 is 13.2 Å². The van der Waals surface area contributed by atoms with E-state index >= 15 is 0 Å². The number of nitrogen functional groups attached to an aromatic ring is 1. The molecule has 0 radical (unpaired) electrons. The van der Waals surface area contributed by atoms with Gasteiger partial charge in [-0.25, -0.2) is 0 Å². The monoisotopic (exact) mass is 297 g/mol. The van der Waals surface area contributed by atoms with Crippen LogP contribution in [0.1, 0.15) is 12.8 Å². The number of nitrogens with zero attached hydrogens (tertiary/aromatic N) is 2. The Labute approximate surface area is 112 Å². The predicted octanol–water partition coefficient (Wildman–Crippen LogP) is 3.23. The molecule has 18 heavy (non-hydrogen) atoms. The quantitative estimate of drug-likeness (QED) is 0.851. The Morgan fingerprint density at radius 3 is 2.50 bits per heavy atom.